The molecule has 106 valence electrons. The van der Waals surface area contributed by atoms with E-state index in [1.54, 1.807) is 0 Å². The molecule has 0 aliphatic carbocycles. The van der Waals surface area contributed by atoms with Gasteiger partial charge in [0, 0.05) is 25.0 Å². The highest BCUT2D eigenvalue weighted by Crippen LogP contribution is 2.16. The topological polar surface area (TPSA) is 47.1 Å². The standard InChI is InChI=1S/C10H16F2N4.2ClH/c11-10(12)16-5-3-14-9(16)7-15-4-1-2-8(13)6-15;;/h3,5,8,10H,1-2,4,6-7,13H2;2*1H. The molecule has 1 aromatic heterocycles. The van der Waals surface area contributed by atoms with Crippen LogP contribution in [0.3, 0.4) is 0 Å². The lowest BCUT2D eigenvalue weighted by atomic mass is 10.1. The second-order valence-electron chi connectivity index (χ2n) is 4.17. The minimum absolute atomic E-state index is 0. The lowest BCUT2D eigenvalue weighted by molar-refractivity contribution is 0.0628. The molecule has 8 heteroatoms. The summed E-state index contributed by atoms with van der Waals surface area (Å²) in [5.74, 6) is 0.407. The maximum Gasteiger partial charge on any atom is 0.319 e. The molecule has 2 N–H and O–H groups in total. The molecule has 0 saturated carbocycles. The number of aromatic nitrogens is 2. The van der Waals surface area contributed by atoms with Crippen LogP contribution in [-0.2, 0) is 6.54 Å². The number of nitrogens with two attached hydrogens (primary N) is 1. The number of alkyl halides is 2. The maximum absolute atomic E-state index is 12.6. The lowest BCUT2D eigenvalue weighted by Gasteiger charge is -2.30. The molecule has 0 spiro atoms. The first-order valence-corrected chi connectivity index (χ1v) is 5.44. The fourth-order valence-electron chi connectivity index (χ4n) is 2.08. The van der Waals surface area contributed by atoms with Crippen molar-refractivity contribution in [3.8, 4) is 0 Å². The van der Waals surface area contributed by atoms with Gasteiger partial charge in [0.2, 0.25) is 0 Å². The summed E-state index contributed by atoms with van der Waals surface area (Å²) in [5, 5.41) is 0. The smallest absolute Gasteiger partial charge is 0.319 e. The monoisotopic (exact) mass is 302 g/mol. The number of likely N-dealkylation sites (tertiary alicyclic amines) is 1. The minimum Gasteiger partial charge on any atom is -0.327 e. The van der Waals surface area contributed by atoms with Gasteiger partial charge in [0.15, 0.2) is 0 Å². The predicted molar refractivity (Wildman–Crippen MR) is 70.5 cm³/mol. The summed E-state index contributed by atoms with van der Waals surface area (Å²) < 4.78 is 26.0. The van der Waals surface area contributed by atoms with E-state index >= 15 is 0 Å². The largest absolute Gasteiger partial charge is 0.327 e. The quantitative estimate of drug-likeness (QED) is 0.929. The van der Waals surface area contributed by atoms with Crippen molar-refractivity contribution in [2.24, 2.45) is 5.73 Å². The van der Waals surface area contributed by atoms with Crippen LogP contribution in [0.4, 0.5) is 8.78 Å². The lowest BCUT2D eigenvalue weighted by Crippen LogP contribution is -2.42. The van der Waals surface area contributed by atoms with Gasteiger partial charge in [-0.3, -0.25) is 9.47 Å². The van der Waals surface area contributed by atoms with Crippen LogP contribution in [0.1, 0.15) is 25.2 Å². The fraction of sp³-hybridized carbons (Fsp3) is 0.700. The Bertz CT molecular complexity index is 348. The van der Waals surface area contributed by atoms with Crippen LogP contribution >= 0.6 is 24.8 Å². The van der Waals surface area contributed by atoms with Crippen LogP contribution in [0.5, 0.6) is 0 Å². The molecule has 0 radical (unpaired) electrons. The van der Waals surface area contributed by atoms with Crippen LogP contribution in [0, 0.1) is 0 Å². The van der Waals surface area contributed by atoms with Crippen molar-refractivity contribution in [2.45, 2.75) is 32.0 Å². The summed E-state index contributed by atoms with van der Waals surface area (Å²) in [7, 11) is 0. The predicted octanol–water partition coefficient (Wildman–Crippen LogP) is 2.04. The third-order valence-electron chi connectivity index (χ3n) is 2.87. The number of rotatable bonds is 3. The molecule has 0 amide bonds. The van der Waals surface area contributed by atoms with E-state index in [0.717, 1.165) is 30.5 Å². The molecular formula is C10H18Cl2F2N4. The van der Waals surface area contributed by atoms with Gasteiger partial charge in [-0.2, -0.15) is 8.78 Å². The van der Waals surface area contributed by atoms with E-state index in [1.165, 1.54) is 12.4 Å². The summed E-state index contributed by atoms with van der Waals surface area (Å²) in [6.45, 7) is -0.402. The number of piperidine rings is 1. The highest BCUT2D eigenvalue weighted by molar-refractivity contribution is 5.85. The highest BCUT2D eigenvalue weighted by Gasteiger charge is 2.19. The van der Waals surface area contributed by atoms with Crippen molar-refractivity contribution in [3.63, 3.8) is 0 Å². The van der Waals surface area contributed by atoms with E-state index < -0.39 is 6.55 Å². The van der Waals surface area contributed by atoms with Gasteiger partial charge in [0.25, 0.3) is 0 Å². The Morgan fingerprint density at radius 2 is 2.17 bits per heavy atom. The molecule has 1 saturated heterocycles. The Balaban J connectivity index is 0.00000144. The molecule has 1 aliphatic rings. The molecule has 1 aliphatic heterocycles. The van der Waals surface area contributed by atoms with Crippen LogP contribution in [0.25, 0.3) is 0 Å². The van der Waals surface area contributed by atoms with Gasteiger partial charge in [-0.15, -0.1) is 24.8 Å². The van der Waals surface area contributed by atoms with Gasteiger partial charge in [0.1, 0.15) is 5.82 Å². The first kappa shape index (κ1) is 17.6. The Morgan fingerprint density at radius 3 is 2.78 bits per heavy atom. The van der Waals surface area contributed by atoms with Gasteiger partial charge in [-0.05, 0) is 19.4 Å². The average molecular weight is 303 g/mol. The first-order chi connectivity index (χ1) is 7.66. The van der Waals surface area contributed by atoms with E-state index in [-0.39, 0.29) is 30.9 Å². The van der Waals surface area contributed by atoms with E-state index in [4.69, 9.17) is 5.73 Å². The van der Waals surface area contributed by atoms with Crippen molar-refractivity contribution in [1.29, 1.82) is 0 Å². The zero-order chi connectivity index (χ0) is 11.5. The van der Waals surface area contributed by atoms with Gasteiger partial charge < -0.3 is 5.73 Å². The average Bonchev–Trinajstić information content (AvgIpc) is 2.66. The Morgan fingerprint density at radius 1 is 1.44 bits per heavy atom. The van der Waals surface area contributed by atoms with Crippen molar-refractivity contribution in [2.75, 3.05) is 13.1 Å². The second kappa shape index (κ2) is 7.89. The number of nitrogens with zero attached hydrogens (tertiary/aromatic N) is 3. The van der Waals surface area contributed by atoms with Gasteiger partial charge in [0.05, 0.1) is 6.54 Å². The Labute approximate surface area is 117 Å². The molecule has 1 aromatic rings. The third kappa shape index (κ3) is 4.35. The molecular weight excluding hydrogens is 285 g/mol. The van der Waals surface area contributed by atoms with E-state index in [2.05, 4.69) is 9.88 Å². The van der Waals surface area contributed by atoms with E-state index in [0.29, 0.717) is 12.4 Å². The summed E-state index contributed by atoms with van der Waals surface area (Å²) in [5.41, 5.74) is 5.83. The summed E-state index contributed by atoms with van der Waals surface area (Å²) in [6.07, 6.45) is 4.76. The summed E-state index contributed by atoms with van der Waals surface area (Å²) in [4.78, 5) is 6.04. The highest BCUT2D eigenvalue weighted by atomic mass is 35.5. The molecule has 1 atom stereocenters. The van der Waals surface area contributed by atoms with Gasteiger partial charge in [-0.1, -0.05) is 0 Å². The number of halogens is 4. The van der Waals surface area contributed by atoms with Crippen LogP contribution in [0.2, 0.25) is 0 Å². The maximum atomic E-state index is 12.6. The molecule has 4 nitrogen and oxygen atoms in total. The normalized spacial score (nSPS) is 20.3. The number of imidazole rings is 1. The van der Waals surface area contributed by atoms with Gasteiger partial charge in [-0.25, -0.2) is 4.98 Å². The minimum atomic E-state index is -2.52. The first-order valence-electron chi connectivity index (χ1n) is 5.44. The van der Waals surface area contributed by atoms with Gasteiger partial charge >= 0.3 is 6.55 Å². The van der Waals surface area contributed by atoms with E-state index in [9.17, 15) is 8.78 Å². The SMILES string of the molecule is Cl.Cl.NC1CCCN(Cc2nccn2C(F)F)C1. The molecule has 1 unspecified atom stereocenters. The number of hydrogen-bond acceptors (Lipinski definition) is 3. The Hall–Kier alpha value is -0.430. The van der Waals surface area contributed by atoms with Crippen molar-refractivity contribution in [1.82, 2.24) is 14.5 Å². The molecule has 1 fully saturated rings. The molecule has 0 aromatic carbocycles. The zero-order valence-electron chi connectivity index (χ0n) is 9.84. The summed E-state index contributed by atoms with van der Waals surface area (Å²) in [6, 6.07) is 0.156. The van der Waals surface area contributed by atoms with Crippen molar-refractivity contribution in [3.05, 3.63) is 18.2 Å². The summed E-state index contributed by atoms with van der Waals surface area (Å²) >= 11 is 0. The van der Waals surface area contributed by atoms with Crippen molar-refractivity contribution >= 4 is 24.8 Å². The molecule has 0 bridgehead atoms. The van der Waals surface area contributed by atoms with Crippen molar-refractivity contribution < 1.29 is 8.78 Å². The third-order valence-corrected chi connectivity index (χ3v) is 2.87. The Kier molecular flexibility index (Phi) is 7.70. The second-order valence-corrected chi connectivity index (χ2v) is 4.17. The van der Waals surface area contributed by atoms with Crippen LogP contribution in [-0.4, -0.2) is 33.6 Å². The zero-order valence-corrected chi connectivity index (χ0v) is 11.5. The number of hydrogen-bond donors (Lipinski definition) is 1. The molecule has 2 heterocycles. The fourth-order valence-corrected chi connectivity index (χ4v) is 2.08. The molecule has 18 heavy (non-hydrogen) atoms. The van der Waals surface area contributed by atoms with E-state index in [1.807, 2.05) is 0 Å². The van der Waals surface area contributed by atoms with Crippen LogP contribution < -0.4 is 5.73 Å². The van der Waals surface area contributed by atoms with Crippen LogP contribution in [0.15, 0.2) is 12.4 Å². The molecule has 2 rings (SSSR count).